The molecule has 3 nitrogen and oxygen atoms in total. The van der Waals surface area contributed by atoms with Gasteiger partial charge in [-0.15, -0.1) is 0 Å². The molecule has 0 spiro atoms. The largest absolute Gasteiger partial charge is 0.339 e. The molecular weight excluding hydrogens is 268 g/mol. The molecule has 0 N–H and O–H groups in total. The quantitative estimate of drug-likeness (QED) is 0.862. The summed E-state index contributed by atoms with van der Waals surface area (Å²) in [6, 6.07) is 10.1. The molecule has 1 atom stereocenters. The lowest BCUT2D eigenvalue weighted by Crippen LogP contribution is -2.60. The minimum Gasteiger partial charge on any atom is -0.339 e. The SMILES string of the molecule is CN1CCN(C(=O)C(S)Cc2ccccc2)CC1(C)C. The van der Waals surface area contributed by atoms with Crippen LogP contribution in [0.2, 0.25) is 0 Å². The van der Waals surface area contributed by atoms with Crippen LogP contribution in [0.25, 0.3) is 0 Å². The summed E-state index contributed by atoms with van der Waals surface area (Å²) in [5.74, 6) is 0.151. The Balaban J connectivity index is 1.97. The van der Waals surface area contributed by atoms with Gasteiger partial charge in [0.05, 0.1) is 5.25 Å². The fourth-order valence-corrected chi connectivity index (χ4v) is 2.94. The number of amides is 1. The van der Waals surface area contributed by atoms with Gasteiger partial charge in [0, 0.05) is 25.2 Å². The third kappa shape index (κ3) is 3.55. The third-order valence-electron chi connectivity index (χ3n) is 4.19. The number of rotatable bonds is 3. The minimum absolute atomic E-state index is 0.0359. The summed E-state index contributed by atoms with van der Waals surface area (Å²) in [7, 11) is 2.12. The maximum Gasteiger partial charge on any atom is 0.235 e. The number of hydrogen-bond donors (Lipinski definition) is 1. The van der Waals surface area contributed by atoms with Gasteiger partial charge in [0.2, 0.25) is 5.91 Å². The number of carbonyl (C=O) groups excluding carboxylic acids is 1. The molecule has 1 unspecified atom stereocenters. The van der Waals surface area contributed by atoms with E-state index in [-0.39, 0.29) is 16.7 Å². The van der Waals surface area contributed by atoms with Crippen LogP contribution in [0.4, 0.5) is 0 Å². The van der Waals surface area contributed by atoms with Crippen molar-refractivity contribution >= 4 is 18.5 Å². The number of piperazine rings is 1. The maximum absolute atomic E-state index is 12.5. The molecule has 4 heteroatoms. The van der Waals surface area contributed by atoms with E-state index >= 15 is 0 Å². The van der Waals surface area contributed by atoms with Gasteiger partial charge in [-0.05, 0) is 32.9 Å². The van der Waals surface area contributed by atoms with Crippen molar-refractivity contribution in [2.45, 2.75) is 31.1 Å². The van der Waals surface area contributed by atoms with E-state index < -0.39 is 0 Å². The summed E-state index contributed by atoms with van der Waals surface area (Å²) >= 11 is 4.52. The van der Waals surface area contributed by atoms with Crippen LogP contribution in [-0.2, 0) is 11.2 Å². The maximum atomic E-state index is 12.5. The molecule has 0 bridgehead atoms. The number of benzene rings is 1. The number of thiol groups is 1. The summed E-state index contributed by atoms with van der Waals surface area (Å²) in [5, 5.41) is -0.253. The standard InChI is InChI=1S/C16H24N2OS/c1-16(2)12-18(10-9-17(16)3)15(19)14(20)11-13-7-5-4-6-8-13/h4-8,14,20H,9-12H2,1-3H3. The summed E-state index contributed by atoms with van der Waals surface area (Å²) in [6.45, 7) is 6.84. The zero-order valence-corrected chi connectivity index (χ0v) is 13.4. The highest BCUT2D eigenvalue weighted by Gasteiger charge is 2.34. The first-order valence-electron chi connectivity index (χ1n) is 7.12. The molecule has 0 aliphatic carbocycles. The predicted octanol–water partition coefficient (Wildman–Crippen LogP) is 2.08. The number of likely N-dealkylation sites (N-methyl/N-ethyl adjacent to an activating group) is 1. The lowest BCUT2D eigenvalue weighted by molar-refractivity contribution is -0.135. The molecule has 0 aromatic heterocycles. The first kappa shape index (κ1) is 15.4. The van der Waals surface area contributed by atoms with E-state index in [4.69, 9.17) is 0 Å². The van der Waals surface area contributed by atoms with E-state index in [0.717, 1.165) is 25.2 Å². The van der Waals surface area contributed by atoms with Crippen LogP contribution in [-0.4, -0.2) is 53.2 Å². The highest BCUT2D eigenvalue weighted by Crippen LogP contribution is 2.21. The molecule has 2 rings (SSSR count). The van der Waals surface area contributed by atoms with Crippen LogP contribution >= 0.6 is 12.6 Å². The highest BCUT2D eigenvalue weighted by molar-refractivity contribution is 7.81. The van der Waals surface area contributed by atoms with Gasteiger partial charge in [-0.2, -0.15) is 12.6 Å². The Morgan fingerprint density at radius 2 is 1.95 bits per heavy atom. The third-order valence-corrected chi connectivity index (χ3v) is 4.59. The second-order valence-electron chi connectivity index (χ2n) is 6.20. The van der Waals surface area contributed by atoms with Crippen LogP contribution in [0, 0.1) is 0 Å². The lowest BCUT2D eigenvalue weighted by Gasteiger charge is -2.45. The zero-order valence-electron chi connectivity index (χ0n) is 12.5. The van der Waals surface area contributed by atoms with Gasteiger partial charge in [-0.1, -0.05) is 30.3 Å². The molecule has 1 aromatic carbocycles. The Morgan fingerprint density at radius 1 is 1.30 bits per heavy atom. The second-order valence-corrected chi connectivity index (χ2v) is 6.82. The topological polar surface area (TPSA) is 23.6 Å². The van der Waals surface area contributed by atoms with Gasteiger partial charge in [0.1, 0.15) is 0 Å². The monoisotopic (exact) mass is 292 g/mol. The molecule has 1 heterocycles. The van der Waals surface area contributed by atoms with Gasteiger partial charge in [-0.25, -0.2) is 0 Å². The highest BCUT2D eigenvalue weighted by atomic mass is 32.1. The smallest absolute Gasteiger partial charge is 0.235 e. The Labute approximate surface area is 127 Å². The molecule has 110 valence electrons. The summed E-state index contributed by atoms with van der Waals surface area (Å²) in [5.41, 5.74) is 1.20. The van der Waals surface area contributed by atoms with Crippen molar-refractivity contribution in [3.8, 4) is 0 Å². The molecule has 0 radical (unpaired) electrons. The summed E-state index contributed by atoms with van der Waals surface area (Å²) in [4.78, 5) is 16.8. The second kappa shape index (κ2) is 6.19. The molecule has 1 aliphatic rings. The fraction of sp³-hybridized carbons (Fsp3) is 0.562. The van der Waals surface area contributed by atoms with E-state index in [0.29, 0.717) is 6.42 Å². The van der Waals surface area contributed by atoms with Crippen molar-refractivity contribution in [3.63, 3.8) is 0 Å². The number of carbonyl (C=O) groups is 1. The number of nitrogens with zero attached hydrogens (tertiary/aromatic N) is 2. The van der Waals surface area contributed by atoms with Gasteiger partial charge >= 0.3 is 0 Å². The van der Waals surface area contributed by atoms with E-state index in [2.05, 4.69) is 38.4 Å². The van der Waals surface area contributed by atoms with Gasteiger partial charge in [-0.3, -0.25) is 9.69 Å². The Hall–Kier alpha value is -1.00. The van der Waals surface area contributed by atoms with E-state index in [1.807, 2.05) is 35.2 Å². The van der Waals surface area contributed by atoms with Crippen molar-refractivity contribution in [1.29, 1.82) is 0 Å². The first-order chi connectivity index (χ1) is 9.40. The molecule has 1 aromatic rings. The van der Waals surface area contributed by atoms with Crippen molar-refractivity contribution in [3.05, 3.63) is 35.9 Å². The Morgan fingerprint density at radius 3 is 2.55 bits per heavy atom. The molecule has 1 fully saturated rings. The van der Waals surface area contributed by atoms with Crippen molar-refractivity contribution in [2.24, 2.45) is 0 Å². The lowest BCUT2D eigenvalue weighted by atomic mass is 9.99. The molecule has 0 saturated carbocycles. The average Bonchev–Trinajstić information content (AvgIpc) is 2.42. The zero-order chi connectivity index (χ0) is 14.8. The van der Waals surface area contributed by atoms with E-state index in [1.165, 1.54) is 0 Å². The fourth-order valence-electron chi connectivity index (χ4n) is 2.56. The molecule has 1 aliphatic heterocycles. The van der Waals surface area contributed by atoms with E-state index in [1.54, 1.807) is 0 Å². The van der Waals surface area contributed by atoms with E-state index in [9.17, 15) is 4.79 Å². The summed E-state index contributed by atoms with van der Waals surface area (Å²) < 4.78 is 0. The van der Waals surface area contributed by atoms with Crippen LogP contribution < -0.4 is 0 Å². The molecule has 1 saturated heterocycles. The van der Waals surface area contributed by atoms with Crippen molar-refractivity contribution in [2.75, 3.05) is 26.7 Å². The first-order valence-corrected chi connectivity index (χ1v) is 7.64. The Kier molecular flexibility index (Phi) is 4.76. The van der Waals surface area contributed by atoms with Crippen molar-refractivity contribution in [1.82, 2.24) is 9.80 Å². The van der Waals surface area contributed by atoms with Gasteiger partial charge < -0.3 is 4.90 Å². The Bertz CT molecular complexity index is 461. The molecular formula is C16H24N2OS. The van der Waals surface area contributed by atoms with Gasteiger partial charge in [0.25, 0.3) is 0 Å². The van der Waals surface area contributed by atoms with Crippen LogP contribution in [0.3, 0.4) is 0 Å². The number of hydrogen-bond acceptors (Lipinski definition) is 3. The van der Waals surface area contributed by atoms with Gasteiger partial charge in [0.15, 0.2) is 0 Å². The molecule has 20 heavy (non-hydrogen) atoms. The summed E-state index contributed by atoms with van der Waals surface area (Å²) in [6.07, 6.45) is 0.690. The van der Waals surface area contributed by atoms with Crippen LogP contribution in [0.15, 0.2) is 30.3 Å². The van der Waals surface area contributed by atoms with Crippen LogP contribution in [0.5, 0.6) is 0 Å². The average molecular weight is 292 g/mol. The molecule has 1 amide bonds. The van der Waals surface area contributed by atoms with Crippen molar-refractivity contribution < 1.29 is 4.79 Å². The van der Waals surface area contributed by atoms with Crippen LogP contribution in [0.1, 0.15) is 19.4 Å². The normalized spacial score (nSPS) is 20.7. The predicted molar refractivity (Wildman–Crippen MR) is 86.2 cm³/mol. The minimum atomic E-state index is -0.253.